The lowest BCUT2D eigenvalue weighted by molar-refractivity contribution is -0.137. The predicted octanol–water partition coefficient (Wildman–Crippen LogP) is 3.70. The Morgan fingerprint density at radius 2 is 1.86 bits per heavy atom. The molecular formula is C23H25NO5. The molecule has 2 N–H and O–H groups in total. The van der Waals surface area contributed by atoms with Crippen molar-refractivity contribution in [1.29, 1.82) is 0 Å². The monoisotopic (exact) mass is 395 g/mol. The maximum atomic E-state index is 13.0. The molecule has 152 valence electrons. The summed E-state index contributed by atoms with van der Waals surface area (Å²) in [5.74, 6) is -0.291. The van der Waals surface area contributed by atoms with Crippen LogP contribution in [-0.2, 0) is 16.1 Å². The average Bonchev–Trinajstić information content (AvgIpc) is 3.46. The van der Waals surface area contributed by atoms with E-state index in [0.717, 1.165) is 35.1 Å². The Morgan fingerprint density at radius 3 is 2.48 bits per heavy atom. The van der Waals surface area contributed by atoms with Crippen molar-refractivity contribution in [1.82, 2.24) is 5.06 Å². The summed E-state index contributed by atoms with van der Waals surface area (Å²) in [6.07, 6.45) is 2.39. The Hall–Kier alpha value is -2.70. The van der Waals surface area contributed by atoms with Crippen molar-refractivity contribution in [2.75, 3.05) is 6.54 Å². The summed E-state index contributed by atoms with van der Waals surface area (Å²) in [7, 11) is 0. The highest BCUT2D eigenvalue weighted by Gasteiger charge is 2.65. The number of benzene rings is 1. The van der Waals surface area contributed by atoms with Gasteiger partial charge in [0, 0.05) is 11.0 Å². The Balaban J connectivity index is 1.53. The fraction of sp³-hybridized carbons (Fsp3) is 0.391. The number of Topliss-reactive ketones (excluding diaryl/α,β-unsaturated/α-hetero) is 1. The maximum absolute atomic E-state index is 13.0. The van der Waals surface area contributed by atoms with Gasteiger partial charge < -0.3 is 9.84 Å². The van der Waals surface area contributed by atoms with Crippen LogP contribution in [0.5, 0.6) is 0 Å². The SMILES string of the molecule is CC1=C(CN(O)C(=O)OCc2ccccc2)C2=C(C)C3(CC3)[C@@](C)(O)C(=O)C2=C1. The topological polar surface area (TPSA) is 87.1 Å². The minimum Gasteiger partial charge on any atom is -0.443 e. The van der Waals surface area contributed by atoms with Gasteiger partial charge in [0.15, 0.2) is 5.78 Å². The molecule has 1 fully saturated rings. The quantitative estimate of drug-likeness (QED) is 0.600. The smallest absolute Gasteiger partial charge is 0.434 e. The third-order valence-electron chi connectivity index (χ3n) is 6.59. The van der Waals surface area contributed by atoms with Crippen LogP contribution in [0.1, 0.15) is 39.2 Å². The number of hydroxylamine groups is 2. The van der Waals surface area contributed by atoms with E-state index in [1.165, 1.54) is 0 Å². The van der Waals surface area contributed by atoms with Crippen LogP contribution in [0.2, 0.25) is 0 Å². The molecule has 1 atom stereocenters. The molecule has 1 aromatic carbocycles. The lowest BCUT2D eigenvalue weighted by Gasteiger charge is -2.39. The summed E-state index contributed by atoms with van der Waals surface area (Å²) in [6.45, 7) is 5.34. The number of hydrogen-bond donors (Lipinski definition) is 2. The van der Waals surface area contributed by atoms with E-state index in [4.69, 9.17) is 4.74 Å². The number of fused-ring (bicyclic) bond motifs is 1. The van der Waals surface area contributed by atoms with Gasteiger partial charge >= 0.3 is 6.09 Å². The van der Waals surface area contributed by atoms with Crippen LogP contribution in [0.15, 0.2) is 64.3 Å². The molecule has 1 saturated carbocycles. The van der Waals surface area contributed by atoms with Gasteiger partial charge in [-0.15, -0.1) is 0 Å². The Kier molecular flexibility index (Phi) is 4.52. The van der Waals surface area contributed by atoms with Crippen molar-refractivity contribution < 1.29 is 24.6 Å². The van der Waals surface area contributed by atoms with Gasteiger partial charge in [0.2, 0.25) is 0 Å². The molecule has 29 heavy (non-hydrogen) atoms. The molecule has 3 aliphatic carbocycles. The van der Waals surface area contributed by atoms with Crippen molar-refractivity contribution in [3.63, 3.8) is 0 Å². The highest BCUT2D eigenvalue weighted by Crippen LogP contribution is 2.64. The molecule has 0 bridgehead atoms. The van der Waals surface area contributed by atoms with E-state index in [-0.39, 0.29) is 18.9 Å². The number of ketones is 1. The molecule has 0 saturated heterocycles. The van der Waals surface area contributed by atoms with Crippen LogP contribution in [0, 0.1) is 5.41 Å². The third-order valence-corrected chi connectivity index (χ3v) is 6.59. The van der Waals surface area contributed by atoms with Gasteiger partial charge in [-0.3, -0.25) is 10.0 Å². The van der Waals surface area contributed by atoms with Crippen molar-refractivity contribution in [3.05, 3.63) is 69.8 Å². The molecular weight excluding hydrogens is 370 g/mol. The standard InChI is InChI=1S/C23H25NO5/c1-14-11-17-19(15(2)23(9-10-23)22(3,27)20(17)25)18(14)12-24(28)21(26)29-13-16-7-5-4-6-8-16/h4-8,11,27-28H,9-10,12-13H2,1-3H3/t22-/m0/s1. The second-order valence-corrected chi connectivity index (χ2v) is 8.30. The van der Waals surface area contributed by atoms with Crippen molar-refractivity contribution in [3.8, 4) is 0 Å². The first-order chi connectivity index (χ1) is 13.7. The second kappa shape index (κ2) is 6.68. The third kappa shape index (κ3) is 2.94. The summed E-state index contributed by atoms with van der Waals surface area (Å²) in [4.78, 5) is 25.2. The number of allylic oxidation sites excluding steroid dienone is 2. The molecule has 0 heterocycles. The minimum atomic E-state index is -1.42. The van der Waals surface area contributed by atoms with Crippen molar-refractivity contribution in [2.45, 2.75) is 45.8 Å². The normalized spacial score (nSPS) is 24.6. The highest BCUT2D eigenvalue weighted by molar-refractivity contribution is 6.10. The van der Waals surface area contributed by atoms with Crippen LogP contribution in [-0.4, -0.2) is 39.4 Å². The van der Waals surface area contributed by atoms with Gasteiger partial charge in [-0.1, -0.05) is 35.9 Å². The zero-order valence-electron chi connectivity index (χ0n) is 16.9. The molecule has 4 rings (SSSR count). The summed E-state index contributed by atoms with van der Waals surface area (Å²) in [5, 5.41) is 21.7. The van der Waals surface area contributed by atoms with Crippen molar-refractivity contribution in [2.24, 2.45) is 5.41 Å². The number of ether oxygens (including phenoxy) is 1. The lowest BCUT2D eigenvalue weighted by atomic mass is 9.67. The van der Waals surface area contributed by atoms with Crippen LogP contribution in [0.3, 0.4) is 0 Å². The molecule has 0 unspecified atom stereocenters. The van der Waals surface area contributed by atoms with E-state index < -0.39 is 17.1 Å². The number of carbonyl (C=O) groups is 2. The fourth-order valence-corrected chi connectivity index (χ4v) is 4.63. The average molecular weight is 395 g/mol. The molecule has 1 spiro atoms. The summed E-state index contributed by atoms with van der Waals surface area (Å²) in [6, 6.07) is 9.22. The van der Waals surface area contributed by atoms with Gasteiger partial charge in [0.05, 0.1) is 6.54 Å². The van der Waals surface area contributed by atoms with Crippen LogP contribution in [0.25, 0.3) is 0 Å². The first-order valence-electron chi connectivity index (χ1n) is 9.77. The van der Waals surface area contributed by atoms with Gasteiger partial charge in [-0.25, -0.2) is 4.79 Å². The number of rotatable bonds is 4. The molecule has 1 amide bonds. The second-order valence-electron chi connectivity index (χ2n) is 8.30. The number of amides is 1. The van der Waals surface area contributed by atoms with Crippen molar-refractivity contribution >= 4 is 11.9 Å². The number of aliphatic hydroxyl groups is 1. The Morgan fingerprint density at radius 1 is 1.21 bits per heavy atom. The van der Waals surface area contributed by atoms with E-state index in [9.17, 15) is 19.9 Å². The molecule has 0 radical (unpaired) electrons. The lowest BCUT2D eigenvalue weighted by Crippen LogP contribution is -2.49. The number of hydrogen-bond acceptors (Lipinski definition) is 5. The van der Waals surface area contributed by atoms with Crippen LogP contribution >= 0.6 is 0 Å². The van der Waals surface area contributed by atoms with Gasteiger partial charge in [-0.2, -0.15) is 5.06 Å². The van der Waals surface area contributed by atoms with E-state index >= 15 is 0 Å². The van der Waals surface area contributed by atoms with E-state index in [1.807, 2.05) is 44.2 Å². The molecule has 0 aliphatic heterocycles. The number of nitrogens with zero attached hydrogens (tertiary/aromatic N) is 1. The summed E-state index contributed by atoms with van der Waals surface area (Å²) >= 11 is 0. The van der Waals surface area contributed by atoms with Gasteiger partial charge in [-0.05, 0) is 62.0 Å². The predicted molar refractivity (Wildman–Crippen MR) is 106 cm³/mol. The van der Waals surface area contributed by atoms with Crippen LogP contribution in [0.4, 0.5) is 4.79 Å². The van der Waals surface area contributed by atoms with Gasteiger partial charge in [0.25, 0.3) is 0 Å². The number of carbonyl (C=O) groups excluding carboxylic acids is 2. The summed E-state index contributed by atoms with van der Waals surface area (Å²) in [5.41, 5.74) is 2.54. The molecule has 6 heteroatoms. The molecule has 1 aromatic rings. The van der Waals surface area contributed by atoms with E-state index in [2.05, 4.69) is 0 Å². The molecule has 3 aliphatic rings. The van der Waals surface area contributed by atoms with E-state index in [1.54, 1.807) is 13.0 Å². The summed E-state index contributed by atoms with van der Waals surface area (Å²) < 4.78 is 5.18. The molecule has 6 nitrogen and oxygen atoms in total. The largest absolute Gasteiger partial charge is 0.443 e. The van der Waals surface area contributed by atoms with E-state index in [0.29, 0.717) is 16.2 Å². The maximum Gasteiger partial charge on any atom is 0.434 e. The Labute approximate surface area is 169 Å². The Bertz CT molecular complexity index is 980. The highest BCUT2D eigenvalue weighted by atomic mass is 16.6. The first-order valence-corrected chi connectivity index (χ1v) is 9.77. The van der Waals surface area contributed by atoms with Gasteiger partial charge in [0.1, 0.15) is 12.2 Å². The fourth-order valence-electron chi connectivity index (χ4n) is 4.63. The first kappa shape index (κ1) is 19.6. The zero-order chi connectivity index (χ0) is 21.0. The molecule has 0 aromatic heterocycles. The zero-order valence-corrected chi connectivity index (χ0v) is 16.9. The minimum absolute atomic E-state index is 0.0600. The van der Waals surface area contributed by atoms with Crippen LogP contribution < -0.4 is 0 Å².